The highest BCUT2D eigenvalue weighted by Gasteiger charge is 2.16. The number of fused-ring (bicyclic) bond motifs is 1. The summed E-state index contributed by atoms with van der Waals surface area (Å²) >= 11 is 7.60. The van der Waals surface area contributed by atoms with Crippen molar-refractivity contribution in [3.05, 3.63) is 82.9 Å². The largest absolute Gasteiger partial charge is 0.457 e. The molecule has 0 saturated heterocycles. The Morgan fingerprint density at radius 3 is 2.56 bits per heavy atom. The molecule has 0 radical (unpaired) electrons. The van der Waals surface area contributed by atoms with Gasteiger partial charge in [-0.25, -0.2) is 4.98 Å². The maximum absolute atomic E-state index is 12.8. The van der Waals surface area contributed by atoms with Gasteiger partial charge in [-0.1, -0.05) is 59.3 Å². The summed E-state index contributed by atoms with van der Waals surface area (Å²) in [5.74, 6) is 0.867. The minimum absolute atomic E-state index is 0.283. The van der Waals surface area contributed by atoms with Gasteiger partial charge in [0.1, 0.15) is 11.5 Å². The third-order valence-electron chi connectivity index (χ3n) is 4.02. The zero-order chi connectivity index (χ0) is 18.8. The topological polar surface area (TPSA) is 51.2 Å². The summed E-state index contributed by atoms with van der Waals surface area (Å²) in [6.45, 7) is 1.97. The predicted molar refractivity (Wildman–Crippen MR) is 110 cm³/mol. The Morgan fingerprint density at radius 2 is 1.78 bits per heavy atom. The number of halogens is 1. The normalized spacial score (nSPS) is 10.7. The van der Waals surface area contributed by atoms with Crippen molar-refractivity contribution in [3.8, 4) is 11.5 Å². The van der Waals surface area contributed by atoms with E-state index in [2.05, 4.69) is 10.3 Å². The molecule has 1 amide bonds. The lowest BCUT2D eigenvalue weighted by molar-refractivity contribution is 0.102. The minimum Gasteiger partial charge on any atom is -0.457 e. The van der Waals surface area contributed by atoms with Crippen LogP contribution in [0.2, 0.25) is 5.02 Å². The molecule has 0 saturated carbocycles. The Kier molecular flexibility index (Phi) is 4.79. The van der Waals surface area contributed by atoms with E-state index < -0.39 is 0 Å². The fourth-order valence-electron chi connectivity index (χ4n) is 2.68. The van der Waals surface area contributed by atoms with Gasteiger partial charge in [0.25, 0.3) is 5.91 Å². The zero-order valence-electron chi connectivity index (χ0n) is 14.4. The summed E-state index contributed by atoms with van der Waals surface area (Å²) in [6.07, 6.45) is 0. The first-order chi connectivity index (χ1) is 13.1. The summed E-state index contributed by atoms with van der Waals surface area (Å²) in [5, 5.41) is 3.99. The van der Waals surface area contributed by atoms with Crippen LogP contribution in [-0.2, 0) is 0 Å². The number of hydrogen-bond acceptors (Lipinski definition) is 4. The van der Waals surface area contributed by atoms with Gasteiger partial charge in [-0.15, -0.1) is 0 Å². The van der Waals surface area contributed by atoms with Crippen molar-refractivity contribution in [1.82, 2.24) is 4.98 Å². The SMILES string of the molecule is Cc1ccc(Cl)c2sc(NC(=O)c3ccccc3Oc3ccccc3)nc12. The fourth-order valence-corrected chi connectivity index (χ4v) is 3.89. The smallest absolute Gasteiger partial charge is 0.261 e. The number of para-hydroxylation sites is 2. The van der Waals surface area contributed by atoms with Crippen molar-refractivity contribution in [2.45, 2.75) is 6.92 Å². The Hall–Kier alpha value is -2.89. The molecular weight excluding hydrogens is 380 g/mol. The van der Waals surface area contributed by atoms with Crippen LogP contribution < -0.4 is 10.1 Å². The van der Waals surface area contributed by atoms with Gasteiger partial charge in [-0.05, 0) is 42.8 Å². The molecule has 0 aliphatic carbocycles. The molecular formula is C21H15ClN2O2S. The highest BCUT2D eigenvalue weighted by Crippen LogP contribution is 2.34. The first-order valence-corrected chi connectivity index (χ1v) is 9.50. The average Bonchev–Trinajstić information content (AvgIpc) is 3.11. The van der Waals surface area contributed by atoms with Gasteiger partial charge in [0, 0.05) is 0 Å². The van der Waals surface area contributed by atoms with Gasteiger partial charge < -0.3 is 4.74 Å². The van der Waals surface area contributed by atoms with Crippen molar-refractivity contribution in [3.63, 3.8) is 0 Å². The average molecular weight is 395 g/mol. The molecule has 27 heavy (non-hydrogen) atoms. The fraction of sp³-hybridized carbons (Fsp3) is 0.0476. The van der Waals surface area contributed by atoms with Crippen LogP contribution in [0.1, 0.15) is 15.9 Å². The molecule has 0 aliphatic heterocycles. The number of aryl methyl sites for hydroxylation is 1. The van der Waals surface area contributed by atoms with E-state index in [9.17, 15) is 4.79 Å². The third-order valence-corrected chi connectivity index (χ3v) is 5.45. The molecule has 1 aromatic heterocycles. The van der Waals surface area contributed by atoms with Gasteiger partial charge >= 0.3 is 0 Å². The van der Waals surface area contributed by atoms with Crippen LogP contribution in [-0.4, -0.2) is 10.9 Å². The van der Waals surface area contributed by atoms with Crippen molar-refractivity contribution in [2.24, 2.45) is 0 Å². The van der Waals surface area contributed by atoms with Crippen LogP contribution in [0.4, 0.5) is 5.13 Å². The van der Waals surface area contributed by atoms with Gasteiger partial charge in [0.15, 0.2) is 5.13 Å². The molecule has 0 fully saturated rings. The number of amides is 1. The third kappa shape index (κ3) is 3.65. The monoisotopic (exact) mass is 394 g/mol. The molecule has 4 nitrogen and oxygen atoms in total. The number of nitrogens with zero attached hydrogens (tertiary/aromatic N) is 1. The molecule has 3 aromatic carbocycles. The van der Waals surface area contributed by atoms with Crippen LogP contribution in [0, 0.1) is 6.92 Å². The molecule has 0 spiro atoms. The van der Waals surface area contributed by atoms with E-state index in [1.807, 2.05) is 55.5 Å². The lowest BCUT2D eigenvalue weighted by atomic mass is 10.2. The first kappa shape index (κ1) is 17.5. The zero-order valence-corrected chi connectivity index (χ0v) is 16.0. The minimum atomic E-state index is -0.283. The van der Waals surface area contributed by atoms with Crippen LogP contribution in [0.3, 0.4) is 0 Å². The molecule has 4 aromatic rings. The summed E-state index contributed by atoms with van der Waals surface area (Å²) in [7, 11) is 0. The number of rotatable bonds is 4. The second-order valence-corrected chi connectivity index (χ2v) is 7.33. The van der Waals surface area contributed by atoms with Crippen LogP contribution >= 0.6 is 22.9 Å². The number of carbonyl (C=O) groups excluding carboxylic acids is 1. The van der Waals surface area contributed by atoms with Crippen LogP contribution in [0.5, 0.6) is 11.5 Å². The molecule has 1 heterocycles. The highest BCUT2D eigenvalue weighted by atomic mass is 35.5. The molecule has 134 valence electrons. The number of anilines is 1. The van der Waals surface area contributed by atoms with Gasteiger partial charge in [-0.3, -0.25) is 10.1 Å². The standard InChI is InChI=1S/C21H15ClN2O2S/c1-13-11-12-16(22)19-18(13)23-21(27-19)24-20(25)15-9-5-6-10-17(15)26-14-7-3-2-4-8-14/h2-12H,1H3,(H,23,24,25). The van der Waals surface area contributed by atoms with Crippen molar-refractivity contribution >= 4 is 44.2 Å². The Bertz CT molecular complexity index is 1090. The van der Waals surface area contributed by atoms with Crippen molar-refractivity contribution < 1.29 is 9.53 Å². The quantitative estimate of drug-likeness (QED) is 0.441. The lowest BCUT2D eigenvalue weighted by Gasteiger charge is -2.10. The van der Waals surface area contributed by atoms with E-state index in [0.29, 0.717) is 27.2 Å². The summed E-state index contributed by atoms with van der Waals surface area (Å²) in [6, 6.07) is 20.2. The van der Waals surface area contributed by atoms with E-state index >= 15 is 0 Å². The maximum atomic E-state index is 12.8. The number of thiazole rings is 1. The second-order valence-electron chi connectivity index (χ2n) is 5.93. The van der Waals surface area contributed by atoms with Gasteiger partial charge in [0.05, 0.1) is 20.8 Å². The number of aromatic nitrogens is 1. The number of hydrogen-bond donors (Lipinski definition) is 1. The molecule has 0 atom stereocenters. The Labute approximate surface area is 165 Å². The molecule has 6 heteroatoms. The molecule has 0 aliphatic rings. The molecule has 0 bridgehead atoms. The molecule has 4 rings (SSSR count). The summed E-state index contributed by atoms with van der Waals surface area (Å²) in [4.78, 5) is 17.3. The molecule has 0 unspecified atom stereocenters. The summed E-state index contributed by atoms with van der Waals surface area (Å²) in [5.41, 5.74) is 2.25. The van der Waals surface area contributed by atoms with E-state index in [1.54, 1.807) is 18.2 Å². The maximum Gasteiger partial charge on any atom is 0.261 e. The van der Waals surface area contributed by atoms with E-state index in [0.717, 1.165) is 15.8 Å². The van der Waals surface area contributed by atoms with Crippen molar-refractivity contribution in [2.75, 3.05) is 5.32 Å². The lowest BCUT2D eigenvalue weighted by Crippen LogP contribution is -2.12. The Morgan fingerprint density at radius 1 is 1.04 bits per heavy atom. The van der Waals surface area contributed by atoms with Crippen molar-refractivity contribution in [1.29, 1.82) is 0 Å². The highest BCUT2D eigenvalue weighted by molar-refractivity contribution is 7.23. The molecule has 1 N–H and O–H groups in total. The van der Waals surface area contributed by atoms with Crippen LogP contribution in [0.15, 0.2) is 66.7 Å². The van der Waals surface area contributed by atoms with Gasteiger partial charge in [-0.2, -0.15) is 0 Å². The first-order valence-electron chi connectivity index (χ1n) is 8.31. The van der Waals surface area contributed by atoms with Crippen LogP contribution in [0.25, 0.3) is 10.2 Å². The number of nitrogens with one attached hydrogen (secondary N) is 1. The summed E-state index contributed by atoms with van der Waals surface area (Å²) < 4.78 is 6.73. The predicted octanol–water partition coefficient (Wildman–Crippen LogP) is 6.30. The van der Waals surface area contributed by atoms with E-state index in [-0.39, 0.29) is 5.91 Å². The van der Waals surface area contributed by atoms with E-state index in [4.69, 9.17) is 16.3 Å². The number of benzene rings is 3. The van der Waals surface area contributed by atoms with Gasteiger partial charge in [0.2, 0.25) is 0 Å². The van der Waals surface area contributed by atoms with E-state index in [1.165, 1.54) is 11.3 Å². The second kappa shape index (κ2) is 7.39. The Balaban J connectivity index is 1.62. The number of carbonyl (C=O) groups is 1. The number of ether oxygens (including phenoxy) is 1.